The fraction of sp³-hybridized carbons (Fsp3) is 0.562. The predicted molar refractivity (Wildman–Crippen MR) is 80.8 cm³/mol. The molecule has 1 fully saturated rings. The average Bonchev–Trinajstić information content (AvgIpc) is 2.97. The highest BCUT2D eigenvalue weighted by Crippen LogP contribution is 2.22. The van der Waals surface area contributed by atoms with Crippen LogP contribution >= 0.6 is 0 Å². The topological polar surface area (TPSA) is 48.0 Å². The van der Waals surface area contributed by atoms with Gasteiger partial charge in [0.1, 0.15) is 0 Å². The molecule has 0 bridgehead atoms. The number of methoxy groups -OCH3 is 1. The summed E-state index contributed by atoms with van der Waals surface area (Å²) in [6.45, 7) is 5.31. The van der Waals surface area contributed by atoms with E-state index >= 15 is 0 Å². The van der Waals surface area contributed by atoms with Gasteiger partial charge < -0.3 is 19.1 Å². The molecule has 0 N–H and O–H groups in total. The molecule has 1 aromatic rings. The number of hydrogen-bond donors (Lipinski definition) is 0. The van der Waals surface area contributed by atoms with Crippen LogP contribution in [0.1, 0.15) is 23.7 Å². The molecule has 0 radical (unpaired) electrons. The Morgan fingerprint density at radius 1 is 1.29 bits per heavy atom. The van der Waals surface area contributed by atoms with Crippen molar-refractivity contribution in [1.82, 2.24) is 0 Å². The molecule has 1 heterocycles. The molecule has 0 spiro atoms. The molecule has 0 amide bonds. The Morgan fingerprint density at radius 2 is 2.05 bits per heavy atom. The Morgan fingerprint density at radius 3 is 2.71 bits per heavy atom. The summed E-state index contributed by atoms with van der Waals surface area (Å²) in [6, 6.07) is 7.55. The third kappa shape index (κ3) is 4.44. The summed E-state index contributed by atoms with van der Waals surface area (Å²) in [5.74, 6) is -0.272. The Balaban J connectivity index is 1.87. The number of anilines is 1. The summed E-state index contributed by atoms with van der Waals surface area (Å²) in [6.07, 6.45) is 1.27. The van der Waals surface area contributed by atoms with Crippen molar-refractivity contribution in [3.05, 3.63) is 29.8 Å². The summed E-state index contributed by atoms with van der Waals surface area (Å²) in [5.41, 5.74) is 1.70. The first kappa shape index (κ1) is 15.8. The molecule has 0 unspecified atom stereocenters. The van der Waals surface area contributed by atoms with Crippen molar-refractivity contribution in [2.45, 2.75) is 19.4 Å². The van der Waals surface area contributed by atoms with Gasteiger partial charge in [-0.05, 0) is 37.6 Å². The second-order valence-corrected chi connectivity index (χ2v) is 4.99. The molecule has 116 valence electrons. The van der Waals surface area contributed by atoms with Gasteiger partial charge in [0, 0.05) is 25.9 Å². The zero-order valence-electron chi connectivity index (χ0n) is 12.7. The molecule has 1 atom stereocenters. The fourth-order valence-corrected chi connectivity index (χ4v) is 2.42. The number of ether oxygens (including phenoxy) is 3. The van der Waals surface area contributed by atoms with Crippen molar-refractivity contribution in [3.63, 3.8) is 0 Å². The van der Waals surface area contributed by atoms with Gasteiger partial charge in [-0.25, -0.2) is 4.79 Å². The first-order valence-electron chi connectivity index (χ1n) is 7.37. The number of hydrogen-bond acceptors (Lipinski definition) is 5. The predicted octanol–water partition coefficient (Wildman–Crippen LogP) is 2.10. The van der Waals surface area contributed by atoms with Gasteiger partial charge in [-0.2, -0.15) is 0 Å². The van der Waals surface area contributed by atoms with E-state index in [1.165, 1.54) is 0 Å². The van der Waals surface area contributed by atoms with Gasteiger partial charge in [-0.1, -0.05) is 0 Å². The number of benzene rings is 1. The lowest BCUT2D eigenvalue weighted by molar-refractivity contribution is 0.0280. The molecule has 1 saturated heterocycles. The van der Waals surface area contributed by atoms with Gasteiger partial charge in [0.2, 0.25) is 0 Å². The van der Waals surface area contributed by atoms with Gasteiger partial charge in [-0.15, -0.1) is 0 Å². The van der Waals surface area contributed by atoms with E-state index in [1.807, 2.05) is 24.3 Å². The largest absolute Gasteiger partial charge is 0.462 e. The van der Waals surface area contributed by atoms with Crippen LogP contribution in [-0.2, 0) is 14.2 Å². The van der Waals surface area contributed by atoms with E-state index in [0.29, 0.717) is 25.4 Å². The van der Waals surface area contributed by atoms with Crippen molar-refractivity contribution < 1.29 is 19.0 Å². The average molecular weight is 293 g/mol. The van der Waals surface area contributed by atoms with E-state index in [4.69, 9.17) is 14.2 Å². The third-order valence-corrected chi connectivity index (χ3v) is 3.53. The SMILES string of the molecule is CCOC(=O)c1ccc(N2CC[C@@H](OCCOC)C2)cc1. The van der Waals surface area contributed by atoms with Crippen LogP contribution in [0, 0.1) is 0 Å². The molecule has 0 saturated carbocycles. The van der Waals surface area contributed by atoms with Crippen LogP contribution in [0.5, 0.6) is 0 Å². The molecule has 1 aliphatic rings. The summed E-state index contributed by atoms with van der Waals surface area (Å²) in [4.78, 5) is 13.9. The van der Waals surface area contributed by atoms with E-state index in [0.717, 1.165) is 25.2 Å². The minimum absolute atomic E-state index is 0.255. The monoisotopic (exact) mass is 293 g/mol. The Hall–Kier alpha value is -1.59. The molecule has 1 aromatic carbocycles. The molecule has 0 aliphatic carbocycles. The number of carbonyl (C=O) groups is 1. The highest BCUT2D eigenvalue weighted by molar-refractivity contribution is 5.89. The quantitative estimate of drug-likeness (QED) is 0.569. The van der Waals surface area contributed by atoms with E-state index in [2.05, 4.69) is 4.90 Å². The molecule has 21 heavy (non-hydrogen) atoms. The van der Waals surface area contributed by atoms with Gasteiger partial charge in [-0.3, -0.25) is 0 Å². The maximum atomic E-state index is 11.6. The van der Waals surface area contributed by atoms with Gasteiger partial charge in [0.15, 0.2) is 0 Å². The minimum atomic E-state index is -0.272. The third-order valence-electron chi connectivity index (χ3n) is 3.53. The van der Waals surface area contributed by atoms with E-state index in [1.54, 1.807) is 14.0 Å². The van der Waals surface area contributed by atoms with Crippen LogP contribution in [-0.4, -0.2) is 52.1 Å². The lowest BCUT2D eigenvalue weighted by Gasteiger charge is -2.19. The molecule has 0 aromatic heterocycles. The van der Waals surface area contributed by atoms with Crippen LogP contribution in [0.3, 0.4) is 0 Å². The Bertz CT molecular complexity index is 446. The second-order valence-electron chi connectivity index (χ2n) is 4.99. The normalized spacial score (nSPS) is 18.0. The van der Waals surface area contributed by atoms with E-state index in [9.17, 15) is 4.79 Å². The number of nitrogens with zero attached hydrogens (tertiary/aromatic N) is 1. The van der Waals surface area contributed by atoms with Crippen LogP contribution in [0.25, 0.3) is 0 Å². The number of carbonyl (C=O) groups excluding carboxylic acids is 1. The molecule has 5 heteroatoms. The highest BCUT2D eigenvalue weighted by Gasteiger charge is 2.23. The summed E-state index contributed by atoms with van der Waals surface area (Å²) >= 11 is 0. The van der Waals surface area contributed by atoms with Crippen LogP contribution < -0.4 is 4.90 Å². The minimum Gasteiger partial charge on any atom is -0.462 e. The summed E-state index contributed by atoms with van der Waals surface area (Å²) in [5, 5.41) is 0. The Kier molecular flexibility index (Phi) is 6.02. The Labute approximate surface area is 125 Å². The van der Waals surface area contributed by atoms with Crippen LogP contribution in [0.2, 0.25) is 0 Å². The van der Waals surface area contributed by atoms with Crippen molar-refractivity contribution >= 4 is 11.7 Å². The van der Waals surface area contributed by atoms with Crippen LogP contribution in [0.4, 0.5) is 5.69 Å². The lowest BCUT2D eigenvalue weighted by Crippen LogP contribution is -2.23. The maximum Gasteiger partial charge on any atom is 0.338 e. The highest BCUT2D eigenvalue weighted by atomic mass is 16.5. The molecular formula is C16H23NO4. The van der Waals surface area contributed by atoms with Gasteiger partial charge in [0.25, 0.3) is 0 Å². The van der Waals surface area contributed by atoms with Crippen molar-refractivity contribution in [2.24, 2.45) is 0 Å². The van der Waals surface area contributed by atoms with E-state index in [-0.39, 0.29) is 12.1 Å². The zero-order chi connectivity index (χ0) is 15.1. The van der Waals surface area contributed by atoms with Crippen LogP contribution in [0.15, 0.2) is 24.3 Å². The second kappa shape index (κ2) is 8.00. The number of esters is 1. The molecule has 1 aliphatic heterocycles. The van der Waals surface area contributed by atoms with Gasteiger partial charge in [0.05, 0.1) is 31.5 Å². The van der Waals surface area contributed by atoms with Gasteiger partial charge >= 0.3 is 5.97 Å². The first-order chi connectivity index (χ1) is 10.2. The summed E-state index contributed by atoms with van der Waals surface area (Å²) in [7, 11) is 1.68. The van der Waals surface area contributed by atoms with E-state index < -0.39 is 0 Å². The van der Waals surface area contributed by atoms with Crippen molar-refractivity contribution in [1.29, 1.82) is 0 Å². The fourth-order valence-electron chi connectivity index (χ4n) is 2.42. The lowest BCUT2D eigenvalue weighted by atomic mass is 10.2. The number of rotatable bonds is 7. The van der Waals surface area contributed by atoms with Crippen molar-refractivity contribution in [2.75, 3.05) is 44.9 Å². The maximum absolute atomic E-state index is 11.6. The standard InChI is InChI=1S/C16H23NO4/c1-3-20-16(18)13-4-6-14(7-5-13)17-9-8-15(12-17)21-11-10-19-2/h4-7,15H,3,8-12H2,1-2H3/t15-/m1/s1. The first-order valence-corrected chi connectivity index (χ1v) is 7.37. The summed E-state index contributed by atoms with van der Waals surface area (Å²) < 4.78 is 15.7. The smallest absolute Gasteiger partial charge is 0.338 e. The molecular weight excluding hydrogens is 270 g/mol. The molecule has 2 rings (SSSR count). The molecule has 5 nitrogen and oxygen atoms in total. The van der Waals surface area contributed by atoms with Crippen molar-refractivity contribution in [3.8, 4) is 0 Å². The zero-order valence-corrected chi connectivity index (χ0v) is 12.7.